The Morgan fingerprint density at radius 3 is 2.08 bits per heavy atom. The normalized spacial score (nSPS) is 16.2. The molecule has 78 valence electrons. The molecule has 13 heavy (non-hydrogen) atoms. The van der Waals surface area contributed by atoms with Crippen molar-refractivity contribution in [3.05, 3.63) is 0 Å². The SMILES string of the molecule is CNC(C)(Br)NC(=O)OC(C)(C)C. The highest BCUT2D eigenvalue weighted by Gasteiger charge is 2.23. The second kappa shape index (κ2) is 4.28. The van der Waals surface area contributed by atoms with E-state index >= 15 is 0 Å². The highest BCUT2D eigenvalue weighted by Crippen LogP contribution is 2.11. The number of carbonyl (C=O) groups excluding carboxylic acids is 1. The minimum atomic E-state index is -0.630. The van der Waals surface area contributed by atoms with Gasteiger partial charge < -0.3 is 4.74 Å². The van der Waals surface area contributed by atoms with E-state index < -0.39 is 16.3 Å². The summed E-state index contributed by atoms with van der Waals surface area (Å²) in [5.41, 5.74) is -0.471. The second-order valence-corrected chi connectivity index (χ2v) is 5.47. The number of alkyl carbamates (subject to hydrolysis) is 1. The molecule has 0 fully saturated rings. The summed E-state index contributed by atoms with van der Waals surface area (Å²) >= 11 is 3.27. The summed E-state index contributed by atoms with van der Waals surface area (Å²) in [5.74, 6) is 0. The summed E-state index contributed by atoms with van der Waals surface area (Å²) in [6.45, 7) is 7.23. The van der Waals surface area contributed by atoms with Crippen LogP contribution in [0.5, 0.6) is 0 Å². The largest absolute Gasteiger partial charge is 0.444 e. The summed E-state index contributed by atoms with van der Waals surface area (Å²) in [5, 5.41) is 5.47. The number of nitrogens with one attached hydrogen (secondary N) is 2. The molecule has 0 aromatic heterocycles. The number of halogens is 1. The molecule has 0 heterocycles. The zero-order valence-corrected chi connectivity index (χ0v) is 10.3. The lowest BCUT2D eigenvalue weighted by atomic mass is 10.2. The van der Waals surface area contributed by atoms with Crippen LogP contribution in [0.2, 0.25) is 0 Å². The average Bonchev–Trinajstić information content (AvgIpc) is 1.81. The van der Waals surface area contributed by atoms with Crippen molar-refractivity contribution in [2.45, 2.75) is 37.9 Å². The molecule has 4 nitrogen and oxygen atoms in total. The van der Waals surface area contributed by atoms with Crippen molar-refractivity contribution in [3.8, 4) is 0 Å². The van der Waals surface area contributed by atoms with Gasteiger partial charge in [0.05, 0.1) is 0 Å². The van der Waals surface area contributed by atoms with Gasteiger partial charge in [0.15, 0.2) is 0 Å². The predicted octanol–water partition coefficient (Wildman–Crippen LogP) is 1.80. The van der Waals surface area contributed by atoms with E-state index in [-0.39, 0.29) is 0 Å². The number of rotatable bonds is 2. The van der Waals surface area contributed by atoms with E-state index in [1.54, 1.807) is 14.0 Å². The molecule has 0 aromatic rings. The maximum Gasteiger partial charge on any atom is 0.409 e. The third-order valence-electron chi connectivity index (χ3n) is 1.21. The van der Waals surface area contributed by atoms with Crippen LogP contribution >= 0.6 is 15.9 Å². The predicted molar refractivity (Wildman–Crippen MR) is 55.8 cm³/mol. The molecule has 0 saturated heterocycles. The number of carbonyl (C=O) groups is 1. The molecule has 0 aliphatic heterocycles. The quantitative estimate of drug-likeness (QED) is 0.448. The molecule has 0 aliphatic carbocycles. The standard InChI is InChI=1S/C8H17BrN2O2/c1-7(2,3)13-6(12)11-8(4,9)10-5/h10H,1-5H3,(H,11,12). The van der Waals surface area contributed by atoms with Crippen LogP contribution in [0.4, 0.5) is 4.79 Å². The van der Waals surface area contributed by atoms with Crippen molar-refractivity contribution < 1.29 is 9.53 Å². The number of amides is 1. The summed E-state index contributed by atoms with van der Waals surface area (Å²) < 4.78 is 4.43. The van der Waals surface area contributed by atoms with Crippen molar-refractivity contribution in [3.63, 3.8) is 0 Å². The van der Waals surface area contributed by atoms with Gasteiger partial charge in [-0.1, -0.05) is 0 Å². The fraction of sp³-hybridized carbons (Fsp3) is 0.875. The Hall–Kier alpha value is -0.290. The summed E-state index contributed by atoms with van der Waals surface area (Å²) in [7, 11) is 1.73. The molecule has 0 aliphatic rings. The highest BCUT2D eigenvalue weighted by atomic mass is 79.9. The van der Waals surface area contributed by atoms with Crippen molar-refractivity contribution in [1.82, 2.24) is 10.6 Å². The zero-order chi connectivity index (χ0) is 10.7. The van der Waals surface area contributed by atoms with E-state index in [0.717, 1.165) is 0 Å². The van der Waals surface area contributed by atoms with Crippen LogP contribution in [0.15, 0.2) is 0 Å². The van der Waals surface area contributed by atoms with E-state index in [2.05, 4.69) is 26.6 Å². The molecule has 2 N–H and O–H groups in total. The van der Waals surface area contributed by atoms with E-state index in [4.69, 9.17) is 4.74 Å². The van der Waals surface area contributed by atoms with E-state index in [1.165, 1.54) is 0 Å². The van der Waals surface area contributed by atoms with Crippen molar-refractivity contribution in [1.29, 1.82) is 0 Å². The summed E-state index contributed by atoms with van der Waals surface area (Å²) in [6, 6.07) is 0. The second-order valence-electron chi connectivity index (χ2n) is 3.88. The zero-order valence-electron chi connectivity index (χ0n) is 8.69. The van der Waals surface area contributed by atoms with Crippen LogP contribution in [0.1, 0.15) is 27.7 Å². The number of hydrogen-bond donors (Lipinski definition) is 2. The molecule has 5 heteroatoms. The Balaban J connectivity index is 4.03. The van der Waals surface area contributed by atoms with Gasteiger partial charge in [-0.15, -0.1) is 0 Å². The fourth-order valence-corrected chi connectivity index (χ4v) is 0.720. The molecule has 1 atom stereocenters. The summed E-state index contributed by atoms with van der Waals surface area (Å²) in [6.07, 6.45) is -0.457. The molecule has 0 aromatic carbocycles. The minimum absolute atomic E-state index is 0.457. The molecule has 1 amide bonds. The third-order valence-corrected chi connectivity index (χ3v) is 1.80. The summed E-state index contributed by atoms with van der Waals surface area (Å²) in [4.78, 5) is 11.2. The third kappa shape index (κ3) is 6.83. The first-order chi connectivity index (χ1) is 5.66. The number of alkyl halides is 1. The molecule has 0 spiro atoms. The van der Waals surface area contributed by atoms with Gasteiger partial charge in [-0.3, -0.25) is 10.6 Å². The van der Waals surface area contributed by atoms with Crippen molar-refractivity contribution in [2.75, 3.05) is 7.05 Å². The Morgan fingerprint density at radius 1 is 1.31 bits per heavy atom. The van der Waals surface area contributed by atoms with Crippen LogP contribution < -0.4 is 10.6 Å². The number of hydrogen-bond acceptors (Lipinski definition) is 3. The molecular weight excluding hydrogens is 236 g/mol. The first kappa shape index (κ1) is 12.7. The fourth-order valence-electron chi connectivity index (χ4n) is 0.558. The van der Waals surface area contributed by atoms with Crippen molar-refractivity contribution in [2.24, 2.45) is 0 Å². The van der Waals surface area contributed by atoms with Gasteiger partial charge in [0.2, 0.25) is 0 Å². The Bertz CT molecular complexity index is 187. The molecule has 0 bridgehead atoms. The van der Waals surface area contributed by atoms with Gasteiger partial charge >= 0.3 is 6.09 Å². The molecule has 0 saturated carbocycles. The Kier molecular flexibility index (Phi) is 4.19. The van der Waals surface area contributed by atoms with E-state index in [1.807, 2.05) is 20.8 Å². The minimum Gasteiger partial charge on any atom is -0.444 e. The van der Waals surface area contributed by atoms with Crippen molar-refractivity contribution >= 4 is 22.0 Å². The lowest BCUT2D eigenvalue weighted by Crippen LogP contribution is -2.51. The van der Waals surface area contributed by atoms with Gasteiger partial charge in [-0.25, -0.2) is 4.79 Å². The van der Waals surface area contributed by atoms with Crippen LogP contribution in [-0.2, 0) is 4.74 Å². The van der Waals surface area contributed by atoms with Gasteiger partial charge in [-0.2, -0.15) is 0 Å². The van der Waals surface area contributed by atoms with E-state index in [0.29, 0.717) is 0 Å². The first-order valence-corrected chi connectivity index (χ1v) is 4.84. The molecule has 1 unspecified atom stereocenters. The van der Waals surface area contributed by atoms with Gasteiger partial charge in [-0.05, 0) is 50.7 Å². The van der Waals surface area contributed by atoms with Crippen LogP contribution in [0.25, 0.3) is 0 Å². The first-order valence-electron chi connectivity index (χ1n) is 4.05. The Labute approximate surface area is 87.5 Å². The molecule has 0 rings (SSSR count). The van der Waals surface area contributed by atoms with Gasteiger partial charge in [0.25, 0.3) is 0 Å². The van der Waals surface area contributed by atoms with Gasteiger partial charge in [0.1, 0.15) is 10.2 Å². The maximum absolute atomic E-state index is 11.2. The number of ether oxygens (including phenoxy) is 1. The highest BCUT2D eigenvalue weighted by molar-refractivity contribution is 9.10. The Morgan fingerprint density at radius 2 is 1.77 bits per heavy atom. The van der Waals surface area contributed by atoms with Gasteiger partial charge in [0, 0.05) is 0 Å². The lowest BCUT2D eigenvalue weighted by Gasteiger charge is -2.26. The van der Waals surface area contributed by atoms with Crippen LogP contribution in [-0.4, -0.2) is 23.3 Å². The van der Waals surface area contributed by atoms with Crippen LogP contribution in [0, 0.1) is 0 Å². The smallest absolute Gasteiger partial charge is 0.409 e. The molecular formula is C8H17BrN2O2. The van der Waals surface area contributed by atoms with E-state index in [9.17, 15) is 4.79 Å². The van der Waals surface area contributed by atoms with Crippen LogP contribution in [0.3, 0.4) is 0 Å². The monoisotopic (exact) mass is 252 g/mol. The lowest BCUT2D eigenvalue weighted by molar-refractivity contribution is 0.0493. The molecule has 0 radical (unpaired) electrons. The maximum atomic E-state index is 11.2. The topological polar surface area (TPSA) is 50.4 Å². The average molecular weight is 253 g/mol.